The molecule has 0 saturated carbocycles. The Kier molecular flexibility index (Phi) is 2.57. The first kappa shape index (κ1) is 10.4. The third-order valence-corrected chi connectivity index (χ3v) is 3.26. The lowest BCUT2D eigenvalue weighted by atomic mass is 9.88. The normalized spacial score (nSPS) is 22.6. The number of aliphatic hydroxyl groups is 1. The highest BCUT2D eigenvalue weighted by Gasteiger charge is 2.29. The Morgan fingerprint density at radius 1 is 0.941 bits per heavy atom. The minimum atomic E-state index is -0.484. The first-order valence-electron chi connectivity index (χ1n) is 5.81. The predicted molar refractivity (Wildman–Crippen MR) is 66.1 cm³/mol. The molecule has 0 aromatic heterocycles. The highest BCUT2D eigenvalue weighted by molar-refractivity contribution is 5.40. The molecule has 2 heteroatoms. The molecule has 2 nitrogen and oxygen atoms in total. The second kappa shape index (κ2) is 4.22. The second-order valence-electron chi connectivity index (χ2n) is 4.31. The van der Waals surface area contributed by atoms with Gasteiger partial charge in [-0.15, -0.1) is 0 Å². The van der Waals surface area contributed by atoms with E-state index in [1.807, 2.05) is 54.6 Å². The Balaban J connectivity index is 1.97. The van der Waals surface area contributed by atoms with Crippen molar-refractivity contribution in [2.75, 3.05) is 6.61 Å². The Labute approximate surface area is 100 Å². The Hall–Kier alpha value is -1.80. The van der Waals surface area contributed by atoms with Crippen molar-refractivity contribution in [2.24, 2.45) is 0 Å². The van der Waals surface area contributed by atoms with Crippen molar-refractivity contribution < 1.29 is 9.84 Å². The van der Waals surface area contributed by atoms with Crippen molar-refractivity contribution in [3.63, 3.8) is 0 Å². The second-order valence-corrected chi connectivity index (χ2v) is 4.31. The molecular formula is C15H14O2. The van der Waals surface area contributed by atoms with Crippen molar-refractivity contribution >= 4 is 0 Å². The molecule has 3 rings (SSSR count). The lowest BCUT2D eigenvalue weighted by molar-refractivity contribution is 0.0890. The van der Waals surface area contributed by atoms with E-state index in [4.69, 9.17) is 4.74 Å². The van der Waals surface area contributed by atoms with Crippen LogP contribution in [-0.4, -0.2) is 11.7 Å². The van der Waals surface area contributed by atoms with Crippen LogP contribution in [0, 0.1) is 0 Å². The molecule has 0 spiro atoms. The average Bonchev–Trinajstić information content (AvgIpc) is 2.40. The average molecular weight is 226 g/mol. The van der Waals surface area contributed by atoms with E-state index in [0.717, 1.165) is 16.9 Å². The molecule has 1 aliphatic rings. The van der Waals surface area contributed by atoms with Crippen LogP contribution in [0.1, 0.15) is 23.1 Å². The summed E-state index contributed by atoms with van der Waals surface area (Å²) in [7, 11) is 0. The molecule has 1 N–H and O–H groups in total. The maximum atomic E-state index is 10.4. The van der Waals surface area contributed by atoms with Gasteiger partial charge in [0.25, 0.3) is 0 Å². The molecule has 0 radical (unpaired) electrons. The van der Waals surface area contributed by atoms with E-state index in [2.05, 4.69) is 0 Å². The molecule has 1 aliphatic heterocycles. The number of fused-ring (bicyclic) bond motifs is 1. The molecule has 0 bridgehead atoms. The molecule has 0 saturated heterocycles. The number of hydrogen-bond donors (Lipinski definition) is 1. The van der Waals surface area contributed by atoms with E-state index in [-0.39, 0.29) is 5.92 Å². The molecule has 2 aromatic carbocycles. The first-order chi connectivity index (χ1) is 8.36. The lowest BCUT2D eigenvalue weighted by Gasteiger charge is -2.30. The summed E-state index contributed by atoms with van der Waals surface area (Å²) in [5.74, 6) is 0.818. The summed E-state index contributed by atoms with van der Waals surface area (Å²) in [4.78, 5) is 0. The van der Waals surface area contributed by atoms with Crippen LogP contribution in [-0.2, 0) is 0 Å². The van der Waals surface area contributed by atoms with Crippen molar-refractivity contribution in [2.45, 2.75) is 12.0 Å². The number of benzene rings is 2. The first-order valence-corrected chi connectivity index (χ1v) is 5.81. The summed E-state index contributed by atoms with van der Waals surface area (Å²) in [6.45, 7) is 0.530. The lowest BCUT2D eigenvalue weighted by Crippen LogP contribution is -2.24. The Morgan fingerprint density at radius 2 is 1.65 bits per heavy atom. The van der Waals surface area contributed by atoms with Gasteiger partial charge in [-0.1, -0.05) is 48.5 Å². The Morgan fingerprint density at radius 3 is 2.47 bits per heavy atom. The third-order valence-electron chi connectivity index (χ3n) is 3.26. The number of aliphatic hydroxyl groups excluding tert-OH is 1. The van der Waals surface area contributed by atoms with Gasteiger partial charge in [0.2, 0.25) is 0 Å². The number of ether oxygens (including phenoxy) is 1. The topological polar surface area (TPSA) is 29.5 Å². The van der Waals surface area contributed by atoms with Gasteiger partial charge in [0.05, 0.1) is 12.7 Å². The van der Waals surface area contributed by atoms with Crippen LogP contribution in [0.15, 0.2) is 54.6 Å². The fourth-order valence-corrected chi connectivity index (χ4v) is 2.32. The van der Waals surface area contributed by atoms with Crippen molar-refractivity contribution in [3.8, 4) is 5.75 Å². The van der Waals surface area contributed by atoms with Crippen LogP contribution >= 0.6 is 0 Å². The largest absolute Gasteiger partial charge is 0.492 e. The summed E-state index contributed by atoms with van der Waals surface area (Å²) in [5.41, 5.74) is 2.00. The summed E-state index contributed by atoms with van der Waals surface area (Å²) < 4.78 is 5.70. The fourth-order valence-electron chi connectivity index (χ4n) is 2.32. The molecule has 1 heterocycles. The van der Waals surface area contributed by atoms with E-state index in [1.165, 1.54) is 0 Å². The molecule has 2 aromatic rings. The van der Waals surface area contributed by atoms with Gasteiger partial charge >= 0.3 is 0 Å². The highest BCUT2D eigenvalue weighted by Crippen LogP contribution is 2.39. The molecule has 17 heavy (non-hydrogen) atoms. The molecule has 0 fully saturated rings. The van der Waals surface area contributed by atoms with E-state index >= 15 is 0 Å². The molecule has 0 aliphatic carbocycles. The SMILES string of the molecule is O[C@H]1c2ccccc2OC[C@H]1c1ccccc1. The van der Waals surface area contributed by atoms with Gasteiger partial charge in [-0.3, -0.25) is 0 Å². The van der Waals surface area contributed by atoms with Crippen LogP contribution in [0.2, 0.25) is 0 Å². The van der Waals surface area contributed by atoms with Gasteiger partial charge < -0.3 is 9.84 Å². The number of rotatable bonds is 1. The summed E-state index contributed by atoms with van der Waals surface area (Å²) in [6, 6.07) is 17.7. The number of hydrogen-bond acceptors (Lipinski definition) is 2. The molecule has 86 valence electrons. The van der Waals surface area contributed by atoms with E-state index in [1.54, 1.807) is 0 Å². The van der Waals surface area contributed by atoms with Crippen LogP contribution in [0.4, 0.5) is 0 Å². The highest BCUT2D eigenvalue weighted by atomic mass is 16.5. The smallest absolute Gasteiger partial charge is 0.125 e. The van der Waals surface area contributed by atoms with Gasteiger partial charge in [-0.2, -0.15) is 0 Å². The van der Waals surface area contributed by atoms with Gasteiger partial charge in [-0.25, -0.2) is 0 Å². The van der Waals surface area contributed by atoms with Crippen LogP contribution in [0.5, 0.6) is 5.75 Å². The molecule has 2 atom stereocenters. The third kappa shape index (κ3) is 1.81. The van der Waals surface area contributed by atoms with Crippen molar-refractivity contribution in [1.82, 2.24) is 0 Å². The molecule has 0 unspecified atom stereocenters. The minimum Gasteiger partial charge on any atom is -0.492 e. The number of para-hydroxylation sites is 1. The van der Waals surface area contributed by atoms with Crippen molar-refractivity contribution in [1.29, 1.82) is 0 Å². The van der Waals surface area contributed by atoms with Gasteiger partial charge in [0.1, 0.15) is 5.75 Å². The maximum absolute atomic E-state index is 10.4. The summed E-state index contributed by atoms with van der Waals surface area (Å²) in [5, 5.41) is 10.4. The summed E-state index contributed by atoms with van der Waals surface area (Å²) >= 11 is 0. The molecule has 0 amide bonds. The quantitative estimate of drug-likeness (QED) is 0.810. The fraction of sp³-hybridized carbons (Fsp3) is 0.200. The Bertz CT molecular complexity index is 507. The van der Waals surface area contributed by atoms with E-state index in [9.17, 15) is 5.11 Å². The zero-order valence-electron chi connectivity index (χ0n) is 9.41. The van der Waals surface area contributed by atoms with Gasteiger partial charge in [0, 0.05) is 11.5 Å². The minimum absolute atomic E-state index is 0.0195. The predicted octanol–water partition coefficient (Wildman–Crippen LogP) is 2.90. The zero-order valence-corrected chi connectivity index (χ0v) is 9.41. The van der Waals surface area contributed by atoms with E-state index < -0.39 is 6.10 Å². The molecular weight excluding hydrogens is 212 g/mol. The van der Waals surface area contributed by atoms with Gasteiger partial charge in [-0.05, 0) is 11.6 Å². The van der Waals surface area contributed by atoms with Crippen LogP contribution in [0.3, 0.4) is 0 Å². The maximum Gasteiger partial charge on any atom is 0.125 e. The zero-order chi connectivity index (χ0) is 11.7. The standard InChI is InChI=1S/C15H14O2/c16-15-12-8-4-5-9-14(12)17-10-13(15)11-6-2-1-3-7-11/h1-9,13,15-16H,10H2/t13-,15-/m0/s1. The van der Waals surface area contributed by atoms with E-state index in [0.29, 0.717) is 6.61 Å². The van der Waals surface area contributed by atoms with Crippen LogP contribution in [0.25, 0.3) is 0 Å². The van der Waals surface area contributed by atoms with Crippen molar-refractivity contribution in [3.05, 3.63) is 65.7 Å². The monoisotopic (exact) mass is 226 g/mol. The van der Waals surface area contributed by atoms with Gasteiger partial charge in [0.15, 0.2) is 0 Å². The summed E-state index contributed by atoms with van der Waals surface area (Å²) in [6.07, 6.45) is -0.484. The van der Waals surface area contributed by atoms with Crippen LogP contribution < -0.4 is 4.74 Å².